The summed E-state index contributed by atoms with van der Waals surface area (Å²) in [7, 11) is 0. The number of benzene rings is 1. The normalized spacial score (nSPS) is 12.5. The Morgan fingerprint density at radius 3 is 2.61 bits per heavy atom. The van der Waals surface area contributed by atoms with Crippen LogP contribution in [0.4, 0.5) is 15.8 Å². The molecule has 1 rings (SSSR count). The van der Waals surface area contributed by atoms with E-state index >= 15 is 0 Å². The maximum Gasteiger partial charge on any atom is 0.272 e. The summed E-state index contributed by atoms with van der Waals surface area (Å²) in [5, 5.41) is 22.4. The smallest absolute Gasteiger partial charge is 0.272 e. The molecule has 0 saturated heterocycles. The topological polar surface area (TPSA) is 75.4 Å². The van der Waals surface area contributed by atoms with Gasteiger partial charge in [0.25, 0.3) is 5.69 Å². The molecule has 0 spiro atoms. The Balaban J connectivity index is 2.86. The van der Waals surface area contributed by atoms with Gasteiger partial charge in [-0.2, -0.15) is 0 Å². The largest absolute Gasteiger partial charge is 0.396 e. The van der Waals surface area contributed by atoms with Gasteiger partial charge in [0.1, 0.15) is 0 Å². The van der Waals surface area contributed by atoms with Crippen molar-refractivity contribution in [2.24, 2.45) is 5.92 Å². The Labute approximate surface area is 105 Å². The van der Waals surface area contributed by atoms with Gasteiger partial charge in [-0.25, -0.2) is 4.39 Å². The zero-order valence-corrected chi connectivity index (χ0v) is 10.4. The summed E-state index contributed by atoms with van der Waals surface area (Å²) in [5.41, 5.74) is -0.0611. The molecular weight excluding hydrogens is 239 g/mol. The highest BCUT2D eigenvalue weighted by Crippen LogP contribution is 2.23. The zero-order chi connectivity index (χ0) is 13.7. The molecule has 0 bridgehead atoms. The van der Waals surface area contributed by atoms with Gasteiger partial charge >= 0.3 is 0 Å². The molecular formula is C12H17FN2O3. The highest BCUT2D eigenvalue weighted by Gasteiger charge is 2.16. The number of nitrogens with one attached hydrogen (secondary N) is 1. The lowest BCUT2D eigenvalue weighted by Gasteiger charge is -2.22. The summed E-state index contributed by atoms with van der Waals surface area (Å²) in [6.45, 7) is 3.91. The monoisotopic (exact) mass is 256 g/mol. The second-order valence-corrected chi connectivity index (χ2v) is 4.43. The van der Waals surface area contributed by atoms with Gasteiger partial charge in [-0.3, -0.25) is 10.1 Å². The number of nitro benzene ring substituents is 1. The van der Waals surface area contributed by atoms with Crippen LogP contribution in [0.1, 0.15) is 20.3 Å². The fraction of sp³-hybridized carbons (Fsp3) is 0.500. The van der Waals surface area contributed by atoms with Gasteiger partial charge < -0.3 is 10.4 Å². The number of rotatable bonds is 6. The van der Waals surface area contributed by atoms with Crippen LogP contribution < -0.4 is 5.32 Å². The molecule has 1 unspecified atom stereocenters. The summed E-state index contributed by atoms with van der Waals surface area (Å²) in [5.74, 6) is -0.445. The van der Waals surface area contributed by atoms with Gasteiger partial charge in [0.05, 0.1) is 16.7 Å². The average molecular weight is 256 g/mol. The molecule has 6 heteroatoms. The third-order valence-electron chi connectivity index (χ3n) is 2.75. The van der Waals surface area contributed by atoms with Crippen LogP contribution in [0.2, 0.25) is 0 Å². The van der Waals surface area contributed by atoms with E-state index in [1.807, 2.05) is 13.8 Å². The second-order valence-electron chi connectivity index (χ2n) is 4.43. The van der Waals surface area contributed by atoms with E-state index in [0.717, 1.165) is 6.07 Å². The lowest BCUT2D eigenvalue weighted by Crippen LogP contribution is -2.27. The highest BCUT2D eigenvalue weighted by atomic mass is 19.1. The number of non-ortho nitro benzene ring substituents is 1. The van der Waals surface area contributed by atoms with Crippen molar-refractivity contribution >= 4 is 11.4 Å². The van der Waals surface area contributed by atoms with Crippen molar-refractivity contribution in [2.45, 2.75) is 26.3 Å². The molecule has 0 aliphatic heterocycles. The SMILES string of the molecule is CC(C)C(CCO)Nc1ccc([N+](=O)[O-])cc1F. The zero-order valence-electron chi connectivity index (χ0n) is 10.4. The van der Waals surface area contributed by atoms with Crippen LogP contribution in [0, 0.1) is 21.8 Å². The molecule has 0 aliphatic rings. The summed E-state index contributed by atoms with van der Waals surface area (Å²) >= 11 is 0. The van der Waals surface area contributed by atoms with Crippen LogP contribution in [0.3, 0.4) is 0 Å². The first kappa shape index (κ1) is 14.4. The van der Waals surface area contributed by atoms with Gasteiger partial charge in [-0.05, 0) is 18.4 Å². The van der Waals surface area contributed by atoms with E-state index in [1.54, 1.807) is 0 Å². The van der Waals surface area contributed by atoms with Crippen molar-refractivity contribution in [3.8, 4) is 0 Å². The minimum absolute atomic E-state index is 0.00441. The number of aliphatic hydroxyl groups is 1. The van der Waals surface area contributed by atoms with E-state index < -0.39 is 10.7 Å². The van der Waals surface area contributed by atoms with Crippen molar-refractivity contribution in [1.82, 2.24) is 0 Å². The fourth-order valence-corrected chi connectivity index (χ4v) is 1.65. The number of hydrogen-bond acceptors (Lipinski definition) is 4. The molecule has 0 amide bonds. The van der Waals surface area contributed by atoms with Crippen LogP contribution in [0.5, 0.6) is 0 Å². The molecule has 0 saturated carbocycles. The van der Waals surface area contributed by atoms with Crippen LogP contribution in [-0.2, 0) is 0 Å². The molecule has 2 N–H and O–H groups in total. The number of anilines is 1. The van der Waals surface area contributed by atoms with Gasteiger partial charge in [-0.15, -0.1) is 0 Å². The van der Waals surface area contributed by atoms with E-state index in [2.05, 4.69) is 5.32 Å². The van der Waals surface area contributed by atoms with Crippen molar-refractivity contribution < 1.29 is 14.4 Å². The van der Waals surface area contributed by atoms with E-state index in [4.69, 9.17) is 5.11 Å². The summed E-state index contributed by atoms with van der Waals surface area (Å²) in [6, 6.07) is 3.41. The molecule has 1 atom stereocenters. The molecule has 18 heavy (non-hydrogen) atoms. The number of hydrogen-bond donors (Lipinski definition) is 2. The van der Waals surface area contributed by atoms with Crippen LogP contribution in [0.25, 0.3) is 0 Å². The fourth-order valence-electron chi connectivity index (χ4n) is 1.65. The standard InChI is InChI=1S/C12H17FN2O3/c1-8(2)11(5-6-16)14-12-4-3-9(15(17)18)7-10(12)13/h3-4,7-8,11,14,16H,5-6H2,1-2H3. The number of halogens is 1. The lowest BCUT2D eigenvalue weighted by atomic mass is 10.0. The average Bonchev–Trinajstić information content (AvgIpc) is 2.30. The van der Waals surface area contributed by atoms with Gasteiger partial charge in [-0.1, -0.05) is 13.8 Å². The van der Waals surface area contributed by atoms with Crippen LogP contribution >= 0.6 is 0 Å². The Bertz CT molecular complexity index is 424. The van der Waals surface area contributed by atoms with Crippen molar-refractivity contribution in [1.29, 1.82) is 0 Å². The third kappa shape index (κ3) is 3.66. The summed E-state index contributed by atoms with van der Waals surface area (Å²) in [6.07, 6.45) is 0.494. The van der Waals surface area contributed by atoms with Crippen molar-refractivity contribution in [2.75, 3.05) is 11.9 Å². The third-order valence-corrected chi connectivity index (χ3v) is 2.75. The molecule has 0 radical (unpaired) electrons. The van der Waals surface area contributed by atoms with Crippen LogP contribution in [-0.4, -0.2) is 22.7 Å². The Morgan fingerprint density at radius 1 is 1.50 bits per heavy atom. The van der Waals surface area contributed by atoms with Crippen molar-refractivity contribution in [3.05, 3.63) is 34.1 Å². The van der Waals surface area contributed by atoms with Gasteiger partial charge in [0.2, 0.25) is 0 Å². The Kier molecular flexibility index (Phi) is 5.03. The Hall–Kier alpha value is -1.69. The molecule has 5 nitrogen and oxygen atoms in total. The number of aliphatic hydroxyl groups excluding tert-OH is 1. The molecule has 1 aromatic rings. The highest BCUT2D eigenvalue weighted by molar-refractivity contribution is 5.50. The van der Waals surface area contributed by atoms with Crippen molar-refractivity contribution in [3.63, 3.8) is 0 Å². The first-order chi connectivity index (χ1) is 8.45. The minimum atomic E-state index is -0.659. The predicted octanol–water partition coefficient (Wildman–Crippen LogP) is 2.55. The minimum Gasteiger partial charge on any atom is -0.396 e. The molecule has 0 heterocycles. The quantitative estimate of drug-likeness (QED) is 0.606. The molecule has 0 aromatic heterocycles. The first-order valence-corrected chi connectivity index (χ1v) is 5.77. The predicted molar refractivity (Wildman–Crippen MR) is 67.0 cm³/mol. The van der Waals surface area contributed by atoms with E-state index in [0.29, 0.717) is 6.42 Å². The van der Waals surface area contributed by atoms with E-state index in [9.17, 15) is 14.5 Å². The molecule has 1 aromatic carbocycles. The van der Waals surface area contributed by atoms with Gasteiger partial charge in [0, 0.05) is 18.7 Å². The summed E-state index contributed by atoms with van der Waals surface area (Å²) < 4.78 is 13.6. The van der Waals surface area contributed by atoms with E-state index in [-0.39, 0.29) is 29.9 Å². The lowest BCUT2D eigenvalue weighted by molar-refractivity contribution is -0.385. The summed E-state index contributed by atoms with van der Waals surface area (Å²) in [4.78, 5) is 9.84. The maximum atomic E-state index is 13.6. The maximum absolute atomic E-state index is 13.6. The van der Waals surface area contributed by atoms with Crippen LogP contribution in [0.15, 0.2) is 18.2 Å². The number of nitro groups is 1. The molecule has 0 fully saturated rings. The second kappa shape index (κ2) is 6.30. The first-order valence-electron chi connectivity index (χ1n) is 5.77. The van der Waals surface area contributed by atoms with Gasteiger partial charge in [0.15, 0.2) is 5.82 Å². The number of nitrogens with zero attached hydrogens (tertiary/aromatic N) is 1. The Morgan fingerprint density at radius 2 is 2.17 bits per heavy atom. The molecule has 100 valence electrons. The molecule has 0 aliphatic carbocycles. The van der Waals surface area contributed by atoms with E-state index in [1.165, 1.54) is 12.1 Å².